The summed E-state index contributed by atoms with van der Waals surface area (Å²) < 4.78 is 0. The Balaban J connectivity index is 1.69. The maximum absolute atomic E-state index is 12.4. The molecular weight excluding hydrogens is 260 g/mol. The molecule has 2 aromatic rings. The van der Waals surface area contributed by atoms with Gasteiger partial charge in [-0.1, -0.05) is 36.4 Å². The van der Waals surface area contributed by atoms with Crippen molar-refractivity contribution in [2.75, 3.05) is 5.32 Å². The molecule has 104 valence electrons. The molecule has 2 aliphatic heterocycles. The van der Waals surface area contributed by atoms with E-state index in [2.05, 4.69) is 17.4 Å². The lowest BCUT2D eigenvalue weighted by Gasteiger charge is -2.27. The van der Waals surface area contributed by atoms with Gasteiger partial charge in [-0.15, -0.1) is 0 Å². The molecule has 3 heteroatoms. The van der Waals surface area contributed by atoms with Crippen LogP contribution in [0.2, 0.25) is 0 Å². The number of rotatable bonds is 1. The van der Waals surface area contributed by atoms with Crippen molar-refractivity contribution in [3.63, 3.8) is 0 Å². The molecule has 4 rings (SSSR count). The maximum Gasteiger partial charge on any atom is 0.233 e. The van der Waals surface area contributed by atoms with E-state index in [4.69, 9.17) is 4.99 Å². The highest BCUT2D eigenvalue weighted by Gasteiger charge is 2.31. The molecule has 0 saturated carbocycles. The predicted octanol–water partition coefficient (Wildman–Crippen LogP) is 3.52. The van der Waals surface area contributed by atoms with Gasteiger partial charge in [0.25, 0.3) is 0 Å². The maximum atomic E-state index is 12.4. The van der Waals surface area contributed by atoms with E-state index in [-0.39, 0.29) is 11.8 Å². The van der Waals surface area contributed by atoms with Crippen molar-refractivity contribution in [3.8, 4) is 0 Å². The van der Waals surface area contributed by atoms with Crippen LogP contribution >= 0.6 is 0 Å². The topological polar surface area (TPSA) is 41.5 Å². The molecule has 1 amide bonds. The zero-order valence-corrected chi connectivity index (χ0v) is 11.7. The van der Waals surface area contributed by atoms with Crippen LogP contribution in [0.25, 0.3) is 0 Å². The molecule has 0 spiro atoms. The number of fused-ring (bicyclic) bond motifs is 2. The van der Waals surface area contributed by atoms with Crippen molar-refractivity contribution < 1.29 is 4.79 Å². The van der Waals surface area contributed by atoms with Crippen LogP contribution in [0.1, 0.15) is 17.5 Å². The van der Waals surface area contributed by atoms with Gasteiger partial charge in [0.2, 0.25) is 5.91 Å². The first kappa shape index (κ1) is 12.3. The van der Waals surface area contributed by atoms with E-state index >= 15 is 0 Å². The first-order valence-electron chi connectivity index (χ1n) is 7.35. The standard InChI is InChI=1S/C18H16N2O/c21-18-14(11-13-6-2-4-8-16(13)20-18)17-10-9-12-5-1-3-7-15(12)19-17/h1-8,14H,9-11H2,(H,20,21). The fraction of sp³-hybridized carbons (Fsp3) is 0.222. The SMILES string of the molecule is O=C1Nc2ccccc2CC1C1=Nc2ccccc2CC1. The summed E-state index contributed by atoms with van der Waals surface area (Å²) >= 11 is 0. The molecular formula is C18H16N2O. The van der Waals surface area contributed by atoms with Gasteiger partial charge in [0, 0.05) is 11.4 Å². The number of para-hydroxylation sites is 2. The van der Waals surface area contributed by atoms with E-state index in [0.29, 0.717) is 0 Å². The van der Waals surface area contributed by atoms with Crippen LogP contribution in [0.5, 0.6) is 0 Å². The number of aryl methyl sites for hydroxylation is 1. The summed E-state index contributed by atoms with van der Waals surface area (Å²) in [5, 5.41) is 3.01. The third kappa shape index (κ3) is 2.15. The molecule has 1 N–H and O–H groups in total. The zero-order chi connectivity index (χ0) is 14.2. The zero-order valence-electron chi connectivity index (χ0n) is 11.7. The van der Waals surface area contributed by atoms with Gasteiger partial charge in [0.05, 0.1) is 11.6 Å². The molecule has 2 aromatic carbocycles. The number of aliphatic imine (C=N–C) groups is 1. The number of hydrogen-bond acceptors (Lipinski definition) is 2. The number of carbonyl (C=O) groups excluding carboxylic acids is 1. The van der Waals surface area contributed by atoms with Crippen molar-refractivity contribution in [1.82, 2.24) is 0 Å². The van der Waals surface area contributed by atoms with Gasteiger partial charge < -0.3 is 5.32 Å². The lowest BCUT2D eigenvalue weighted by Crippen LogP contribution is -2.36. The number of amides is 1. The molecule has 21 heavy (non-hydrogen) atoms. The average molecular weight is 276 g/mol. The van der Waals surface area contributed by atoms with Crippen LogP contribution in [0, 0.1) is 5.92 Å². The van der Waals surface area contributed by atoms with E-state index in [1.54, 1.807) is 0 Å². The van der Waals surface area contributed by atoms with Crippen LogP contribution in [-0.2, 0) is 17.6 Å². The number of nitrogens with one attached hydrogen (secondary N) is 1. The minimum atomic E-state index is -0.131. The first-order valence-corrected chi connectivity index (χ1v) is 7.35. The quantitative estimate of drug-likeness (QED) is 0.850. The van der Waals surface area contributed by atoms with Gasteiger partial charge in [-0.3, -0.25) is 9.79 Å². The van der Waals surface area contributed by atoms with Crippen LogP contribution in [0.15, 0.2) is 53.5 Å². The molecule has 0 fully saturated rings. The fourth-order valence-corrected chi connectivity index (χ4v) is 3.18. The van der Waals surface area contributed by atoms with Crippen LogP contribution in [0.4, 0.5) is 11.4 Å². The highest BCUT2D eigenvalue weighted by atomic mass is 16.2. The van der Waals surface area contributed by atoms with Gasteiger partial charge in [-0.05, 0) is 42.5 Å². The molecule has 0 bridgehead atoms. The normalized spacial score (nSPS) is 20.1. The summed E-state index contributed by atoms with van der Waals surface area (Å²) in [6.45, 7) is 0. The van der Waals surface area contributed by atoms with E-state index in [0.717, 1.165) is 36.3 Å². The number of carbonyl (C=O) groups is 1. The largest absolute Gasteiger partial charge is 0.325 e. The second-order valence-corrected chi connectivity index (χ2v) is 5.63. The number of hydrogen-bond donors (Lipinski definition) is 1. The molecule has 0 aromatic heterocycles. The van der Waals surface area contributed by atoms with Gasteiger partial charge in [-0.25, -0.2) is 0 Å². The van der Waals surface area contributed by atoms with Crippen molar-refractivity contribution in [1.29, 1.82) is 0 Å². The van der Waals surface area contributed by atoms with E-state index in [9.17, 15) is 4.79 Å². The summed E-state index contributed by atoms with van der Waals surface area (Å²) in [6, 6.07) is 16.2. The van der Waals surface area contributed by atoms with Crippen molar-refractivity contribution in [3.05, 3.63) is 59.7 Å². The Bertz CT molecular complexity index is 748. The third-order valence-electron chi connectivity index (χ3n) is 4.32. The summed E-state index contributed by atoms with van der Waals surface area (Å²) in [5.74, 6) is -0.0555. The van der Waals surface area contributed by atoms with Crippen molar-refractivity contribution in [2.45, 2.75) is 19.3 Å². The van der Waals surface area contributed by atoms with Gasteiger partial charge in [0.15, 0.2) is 0 Å². The minimum Gasteiger partial charge on any atom is -0.325 e. The van der Waals surface area contributed by atoms with Crippen LogP contribution in [0.3, 0.4) is 0 Å². The number of benzene rings is 2. The Kier molecular flexibility index (Phi) is 2.85. The second-order valence-electron chi connectivity index (χ2n) is 5.63. The molecule has 1 unspecified atom stereocenters. The monoisotopic (exact) mass is 276 g/mol. The Morgan fingerprint density at radius 2 is 1.71 bits per heavy atom. The van der Waals surface area contributed by atoms with Gasteiger partial charge in [-0.2, -0.15) is 0 Å². The average Bonchev–Trinajstić information content (AvgIpc) is 2.54. The Morgan fingerprint density at radius 3 is 2.62 bits per heavy atom. The van der Waals surface area contributed by atoms with E-state index < -0.39 is 0 Å². The highest BCUT2D eigenvalue weighted by Crippen LogP contribution is 2.32. The minimum absolute atomic E-state index is 0.0758. The summed E-state index contributed by atoms with van der Waals surface area (Å²) in [7, 11) is 0. The van der Waals surface area contributed by atoms with Crippen LogP contribution in [-0.4, -0.2) is 11.6 Å². The Labute approximate surface area is 123 Å². The summed E-state index contributed by atoms with van der Waals surface area (Å²) in [6.07, 6.45) is 2.60. The van der Waals surface area contributed by atoms with Crippen LogP contribution < -0.4 is 5.32 Å². The predicted molar refractivity (Wildman–Crippen MR) is 84.1 cm³/mol. The molecule has 0 saturated heterocycles. The summed E-state index contributed by atoms with van der Waals surface area (Å²) in [5.41, 5.74) is 5.45. The molecule has 2 heterocycles. The number of nitrogens with zero attached hydrogens (tertiary/aromatic N) is 1. The third-order valence-corrected chi connectivity index (χ3v) is 4.32. The fourth-order valence-electron chi connectivity index (χ4n) is 3.18. The van der Waals surface area contributed by atoms with E-state index in [1.807, 2.05) is 36.4 Å². The highest BCUT2D eigenvalue weighted by molar-refractivity contribution is 6.12. The smallest absolute Gasteiger partial charge is 0.233 e. The second kappa shape index (κ2) is 4.85. The lowest BCUT2D eigenvalue weighted by atomic mass is 9.85. The Hall–Kier alpha value is -2.42. The first-order chi connectivity index (χ1) is 10.3. The van der Waals surface area contributed by atoms with Gasteiger partial charge in [0.1, 0.15) is 0 Å². The lowest BCUT2D eigenvalue weighted by molar-refractivity contribution is -0.118. The molecule has 3 nitrogen and oxygen atoms in total. The Morgan fingerprint density at radius 1 is 0.952 bits per heavy atom. The molecule has 0 radical (unpaired) electrons. The van der Waals surface area contributed by atoms with Crippen molar-refractivity contribution >= 4 is 23.0 Å². The number of anilines is 1. The van der Waals surface area contributed by atoms with Gasteiger partial charge >= 0.3 is 0 Å². The molecule has 1 atom stereocenters. The molecule has 2 aliphatic rings. The van der Waals surface area contributed by atoms with Crippen molar-refractivity contribution in [2.24, 2.45) is 10.9 Å². The summed E-state index contributed by atoms with van der Waals surface area (Å²) in [4.78, 5) is 17.1. The van der Waals surface area contributed by atoms with E-state index in [1.165, 1.54) is 11.1 Å². The molecule has 0 aliphatic carbocycles.